The van der Waals surface area contributed by atoms with Crippen LogP contribution >= 0.6 is 0 Å². The molecule has 0 unspecified atom stereocenters. The van der Waals surface area contributed by atoms with Crippen LogP contribution in [0.5, 0.6) is 5.75 Å². The van der Waals surface area contributed by atoms with Crippen molar-refractivity contribution in [2.24, 2.45) is 0 Å². The van der Waals surface area contributed by atoms with Gasteiger partial charge in [0.1, 0.15) is 5.75 Å². The van der Waals surface area contributed by atoms with Crippen LogP contribution < -0.4 is 4.74 Å². The molecule has 2 aliphatic rings. The van der Waals surface area contributed by atoms with Crippen molar-refractivity contribution in [1.29, 1.82) is 0 Å². The van der Waals surface area contributed by atoms with Crippen molar-refractivity contribution in [2.45, 2.75) is 38.0 Å². The highest BCUT2D eigenvalue weighted by atomic mass is 16.5. The maximum Gasteiger partial charge on any atom is 0.335 e. The van der Waals surface area contributed by atoms with Crippen LogP contribution in [0.4, 0.5) is 0 Å². The molecule has 2 atom stereocenters. The van der Waals surface area contributed by atoms with Crippen LogP contribution in [0.15, 0.2) is 78.9 Å². The topological polar surface area (TPSA) is 53.0 Å². The molecule has 1 N–H and O–H groups in total. The van der Waals surface area contributed by atoms with Gasteiger partial charge in [0.25, 0.3) is 0 Å². The van der Waals surface area contributed by atoms with Crippen molar-refractivity contribution < 1.29 is 14.6 Å². The number of likely N-dealkylation sites (tertiary alicyclic amines) is 2. The Hall–Kier alpha value is -3.15. The molecular weight excluding hydrogens is 412 g/mol. The van der Waals surface area contributed by atoms with Gasteiger partial charge in [0.15, 0.2) is 0 Å². The molecule has 2 heterocycles. The lowest BCUT2D eigenvalue weighted by molar-refractivity contribution is 0.0697. The lowest BCUT2D eigenvalue weighted by Gasteiger charge is -2.34. The highest BCUT2D eigenvalue weighted by Crippen LogP contribution is 2.33. The quantitative estimate of drug-likeness (QED) is 0.530. The van der Waals surface area contributed by atoms with E-state index in [4.69, 9.17) is 9.84 Å². The Morgan fingerprint density at radius 1 is 0.788 bits per heavy atom. The molecule has 0 spiro atoms. The Kier molecular flexibility index (Phi) is 6.42. The Morgan fingerprint density at radius 3 is 1.91 bits per heavy atom. The molecule has 33 heavy (non-hydrogen) atoms. The van der Waals surface area contributed by atoms with Gasteiger partial charge in [-0.1, -0.05) is 54.6 Å². The summed E-state index contributed by atoms with van der Waals surface area (Å²) < 4.78 is 5.92. The van der Waals surface area contributed by atoms with E-state index in [0.29, 0.717) is 24.3 Å². The molecule has 5 heteroatoms. The summed E-state index contributed by atoms with van der Waals surface area (Å²) in [5.41, 5.74) is 4.15. The monoisotopic (exact) mass is 442 g/mol. The third kappa shape index (κ3) is 5.27. The van der Waals surface area contributed by atoms with Crippen LogP contribution in [-0.4, -0.2) is 52.7 Å². The Balaban J connectivity index is 1.08. The molecule has 0 saturated carbocycles. The average molecular weight is 443 g/mol. The molecule has 170 valence electrons. The first-order valence-electron chi connectivity index (χ1n) is 11.7. The highest BCUT2D eigenvalue weighted by molar-refractivity contribution is 5.87. The summed E-state index contributed by atoms with van der Waals surface area (Å²) in [6, 6.07) is 27.4. The molecule has 0 aliphatic carbocycles. The van der Waals surface area contributed by atoms with Crippen LogP contribution in [0.2, 0.25) is 0 Å². The fourth-order valence-corrected chi connectivity index (χ4v) is 5.06. The van der Waals surface area contributed by atoms with Gasteiger partial charge in [-0.25, -0.2) is 4.79 Å². The molecule has 2 fully saturated rings. The maximum atomic E-state index is 11.0. The van der Waals surface area contributed by atoms with Gasteiger partial charge in [-0.3, -0.25) is 9.80 Å². The third-order valence-corrected chi connectivity index (χ3v) is 6.87. The number of carboxylic acid groups (broad SMARTS) is 1. The number of hydrogen-bond donors (Lipinski definition) is 1. The molecule has 0 amide bonds. The summed E-state index contributed by atoms with van der Waals surface area (Å²) in [4.78, 5) is 16.2. The van der Waals surface area contributed by atoms with E-state index in [0.717, 1.165) is 38.3 Å². The van der Waals surface area contributed by atoms with Gasteiger partial charge >= 0.3 is 5.97 Å². The van der Waals surface area contributed by atoms with E-state index >= 15 is 0 Å². The van der Waals surface area contributed by atoms with Gasteiger partial charge in [0.2, 0.25) is 0 Å². The largest absolute Gasteiger partial charge is 0.493 e. The second-order valence-corrected chi connectivity index (χ2v) is 9.13. The number of hydrogen-bond acceptors (Lipinski definition) is 4. The summed E-state index contributed by atoms with van der Waals surface area (Å²) in [5.74, 6) is 0.0573. The minimum atomic E-state index is -0.871. The standard InChI is InChI=1S/C28H30N2O3/c31-28(32)24-10-6-22(7-11-24)17-29-19-26-16-25(29)20-30(26)18-23-8-12-27(13-9-23)33-15-14-21-4-2-1-3-5-21/h1-13,25-26H,14-20H2,(H,31,32)/t25-,26-/m0/s1. The number of carboxylic acids is 1. The lowest BCUT2D eigenvalue weighted by Crippen LogP contribution is -2.45. The summed E-state index contributed by atoms with van der Waals surface area (Å²) in [5, 5.41) is 9.07. The zero-order chi connectivity index (χ0) is 22.6. The Bertz CT molecular complexity index is 1070. The number of fused-ring (bicyclic) bond motifs is 2. The second-order valence-electron chi connectivity index (χ2n) is 9.13. The first-order chi connectivity index (χ1) is 16.1. The molecule has 2 saturated heterocycles. The molecule has 3 aromatic rings. The predicted octanol–water partition coefficient (Wildman–Crippen LogP) is 4.47. The van der Waals surface area contributed by atoms with E-state index in [9.17, 15) is 4.79 Å². The summed E-state index contributed by atoms with van der Waals surface area (Å²) in [7, 11) is 0. The zero-order valence-corrected chi connectivity index (χ0v) is 18.8. The highest BCUT2D eigenvalue weighted by Gasteiger charge is 2.42. The van der Waals surface area contributed by atoms with E-state index < -0.39 is 5.97 Å². The summed E-state index contributed by atoms with van der Waals surface area (Å²) in [6.45, 7) is 4.73. The fourth-order valence-electron chi connectivity index (χ4n) is 5.06. The molecule has 5 nitrogen and oxygen atoms in total. The van der Waals surface area contributed by atoms with Gasteiger partial charge in [0.05, 0.1) is 12.2 Å². The van der Waals surface area contributed by atoms with Crippen LogP contribution in [0.1, 0.15) is 33.5 Å². The van der Waals surface area contributed by atoms with Crippen LogP contribution in [0.3, 0.4) is 0 Å². The Morgan fingerprint density at radius 2 is 1.36 bits per heavy atom. The fraction of sp³-hybridized carbons (Fsp3) is 0.321. The summed E-state index contributed by atoms with van der Waals surface area (Å²) in [6.07, 6.45) is 2.13. The van der Waals surface area contributed by atoms with E-state index in [-0.39, 0.29) is 0 Å². The van der Waals surface area contributed by atoms with E-state index in [1.165, 1.54) is 23.1 Å². The number of ether oxygens (including phenoxy) is 1. The first kappa shape index (κ1) is 21.7. The van der Waals surface area contributed by atoms with Gasteiger partial charge < -0.3 is 9.84 Å². The van der Waals surface area contributed by atoms with Crippen molar-refractivity contribution in [3.63, 3.8) is 0 Å². The molecule has 5 rings (SSSR count). The smallest absolute Gasteiger partial charge is 0.335 e. The zero-order valence-electron chi connectivity index (χ0n) is 18.8. The number of carbonyl (C=O) groups is 1. The predicted molar refractivity (Wildman–Crippen MR) is 128 cm³/mol. The third-order valence-electron chi connectivity index (χ3n) is 6.87. The van der Waals surface area contributed by atoms with E-state index in [1.807, 2.05) is 18.2 Å². The summed E-state index contributed by atoms with van der Waals surface area (Å²) >= 11 is 0. The van der Waals surface area contributed by atoms with Crippen LogP contribution in [-0.2, 0) is 19.5 Å². The van der Waals surface area contributed by atoms with Crippen LogP contribution in [0.25, 0.3) is 0 Å². The van der Waals surface area contributed by atoms with Crippen molar-refractivity contribution >= 4 is 5.97 Å². The number of aromatic carboxylic acids is 1. The Labute approximate surface area is 195 Å². The van der Waals surface area contributed by atoms with Crippen molar-refractivity contribution in [3.8, 4) is 5.75 Å². The number of rotatable bonds is 9. The van der Waals surface area contributed by atoms with Gasteiger partial charge in [-0.2, -0.15) is 0 Å². The molecule has 0 aromatic heterocycles. The molecule has 2 aliphatic heterocycles. The number of benzene rings is 3. The van der Waals surface area contributed by atoms with Crippen molar-refractivity contribution in [3.05, 3.63) is 101 Å². The normalized spacial score (nSPS) is 20.2. The molecular formula is C28H30N2O3. The maximum absolute atomic E-state index is 11.0. The van der Waals surface area contributed by atoms with E-state index in [1.54, 1.807) is 12.1 Å². The number of nitrogens with zero attached hydrogens (tertiary/aromatic N) is 2. The lowest BCUT2D eigenvalue weighted by atomic mass is 10.1. The molecule has 0 radical (unpaired) electrons. The average Bonchev–Trinajstić information content (AvgIpc) is 3.41. The molecule has 3 aromatic carbocycles. The SMILES string of the molecule is O=C(O)c1ccc(CN2C[C@@H]3C[C@H]2CN3Cc2ccc(OCCc3ccccc3)cc2)cc1. The van der Waals surface area contributed by atoms with E-state index in [2.05, 4.69) is 58.3 Å². The van der Waals surface area contributed by atoms with Crippen LogP contribution in [0, 0.1) is 0 Å². The van der Waals surface area contributed by atoms with Crippen molar-refractivity contribution in [1.82, 2.24) is 9.80 Å². The minimum absolute atomic E-state index is 0.348. The van der Waals surface area contributed by atoms with Gasteiger partial charge in [-0.15, -0.1) is 0 Å². The molecule has 2 bridgehead atoms. The second kappa shape index (κ2) is 9.77. The number of piperazine rings is 1. The first-order valence-corrected chi connectivity index (χ1v) is 11.7. The van der Waals surface area contributed by atoms with Gasteiger partial charge in [0, 0.05) is 44.7 Å². The minimum Gasteiger partial charge on any atom is -0.493 e. The van der Waals surface area contributed by atoms with Crippen molar-refractivity contribution in [2.75, 3.05) is 19.7 Å². The van der Waals surface area contributed by atoms with Gasteiger partial charge in [-0.05, 0) is 47.4 Å².